The fourth-order valence-corrected chi connectivity index (χ4v) is 4.72. The van der Waals surface area contributed by atoms with Gasteiger partial charge in [0.25, 0.3) is 0 Å². The van der Waals surface area contributed by atoms with Crippen LogP contribution in [0.25, 0.3) is 0 Å². The van der Waals surface area contributed by atoms with E-state index in [4.69, 9.17) is 4.74 Å². The molecule has 2 aliphatic carbocycles. The van der Waals surface area contributed by atoms with E-state index in [0.717, 1.165) is 12.5 Å². The van der Waals surface area contributed by atoms with Crippen LogP contribution < -0.4 is 5.32 Å². The Labute approximate surface area is 123 Å². The van der Waals surface area contributed by atoms with Crippen molar-refractivity contribution in [1.29, 1.82) is 0 Å². The van der Waals surface area contributed by atoms with Gasteiger partial charge in [0.05, 0.1) is 6.10 Å². The molecule has 3 unspecified atom stereocenters. The van der Waals surface area contributed by atoms with E-state index in [2.05, 4.69) is 25.4 Å². The Hall–Kier alpha value is 0.270. The third kappa shape index (κ3) is 3.48. The lowest BCUT2D eigenvalue weighted by molar-refractivity contribution is -0.150. The first-order chi connectivity index (χ1) is 9.23. The summed E-state index contributed by atoms with van der Waals surface area (Å²) in [4.78, 5) is 0. The summed E-state index contributed by atoms with van der Waals surface area (Å²) in [5.74, 6) is 2.04. The molecule has 0 aromatic carbocycles. The van der Waals surface area contributed by atoms with Crippen LogP contribution in [0.1, 0.15) is 52.4 Å². The zero-order valence-corrected chi connectivity index (χ0v) is 13.7. The SMILES string of the molecule is CCOC1CC(NCC(C)CSC)C12CCCCC2. The molecular weight excluding hydrogens is 254 g/mol. The average Bonchev–Trinajstić information content (AvgIpc) is 2.43. The molecule has 3 atom stereocenters. The van der Waals surface area contributed by atoms with E-state index in [1.165, 1.54) is 50.8 Å². The van der Waals surface area contributed by atoms with E-state index in [1.807, 2.05) is 11.8 Å². The van der Waals surface area contributed by atoms with Crippen molar-refractivity contribution in [3.8, 4) is 0 Å². The molecular formula is C16H31NOS. The van der Waals surface area contributed by atoms with Gasteiger partial charge in [0.1, 0.15) is 0 Å². The summed E-state index contributed by atoms with van der Waals surface area (Å²) in [6.45, 7) is 6.54. The molecule has 0 aromatic heterocycles. The molecule has 112 valence electrons. The topological polar surface area (TPSA) is 21.3 Å². The minimum absolute atomic E-state index is 0.480. The number of ether oxygens (including phenoxy) is 1. The summed E-state index contributed by atoms with van der Waals surface area (Å²) in [6, 6.07) is 0.716. The minimum atomic E-state index is 0.480. The molecule has 2 nitrogen and oxygen atoms in total. The zero-order chi connectivity index (χ0) is 13.7. The van der Waals surface area contributed by atoms with Gasteiger partial charge in [-0.3, -0.25) is 0 Å². The number of rotatable bonds is 7. The highest BCUT2D eigenvalue weighted by molar-refractivity contribution is 7.98. The van der Waals surface area contributed by atoms with Crippen LogP contribution in [-0.4, -0.2) is 37.3 Å². The zero-order valence-electron chi connectivity index (χ0n) is 12.9. The van der Waals surface area contributed by atoms with Gasteiger partial charge < -0.3 is 10.1 Å². The molecule has 2 aliphatic rings. The van der Waals surface area contributed by atoms with Gasteiger partial charge in [-0.2, -0.15) is 11.8 Å². The lowest BCUT2D eigenvalue weighted by atomic mass is 9.55. The Bertz CT molecular complexity index is 265. The Balaban J connectivity index is 1.86. The van der Waals surface area contributed by atoms with Crippen molar-refractivity contribution < 1.29 is 4.74 Å². The molecule has 0 bridgehead atoms. The van der Waals surface area contributed by atoms with Crippen molar-refractivity contribution in [2.45, 2.75) is 64.5 Å². The summed E-state index contributed by atoms with van der Waals surface area (Å²) >= 11 is 1.96. The van der Waals surface area contributed by atoms with E-state index < -0.39 is 0 Å². The molecule has 2 fully saturated rings. The summed E-state index contributed by atoms with van der Waals surface area (Å²) < 4.78 is 6.01. The van der Waals surface area contributed by atoms with E-state index in [0.29, 0.717) is 17.6 Å². The van der Waals surface area contributed by atoms with Crippen LogP contribution >= 0.6 is 11.8 Å². The van der Waals surface area contributed by atoms with Gasteiger partial charge >= 0.3 is 0 Å². The fraction of sp³-hybridized carbons (Fsp3) is 1.00. The highest BCUT2D eigenvalue weighted by Crippen LogP contribution is 2.53. The average molecular weight is 285 g/mol. The Morgan fingerprint density at radius 1 is 1.32 bits per heavy atom. The van der Waals surface area contributed by atoms with Crippen molar-refractivity contribution >= 4 is 11.8 Å². The van der Waals surface area contributed by atoms with Crippen molar-refractivity contribution in [2.75, 3.05) is 25.2 Å². The monoisotopic (exact) mass is 285 g/mol. The molecule has 2 rings (SSSR count). The summed E-state index contributed by atoms with van der Waals surface area (Å²) in [5, 5.41) is 3.86. The molecule has 0 amide bonds. The first-order valence-electron chi connectivity index (χ1n) is 8.07. The second-order valence-corrected chi connectivity index (χ2v) is 7.41. The molecule has 0 heterocycles. The second-order valence-electron chi connectivity index (χ2n) is 6.49. The first kappa shape index (κ1) is 15.7. The van der Waals surface area contributed by atoms with Crippen LogP contribution in [0.15, 0.2) is 0 Å². The number of nitrogens with one attached hydrogen (secondary N) is 1. The third-order valence-electron chi connectivity index (χ3n) is 5.10. The molecule has 0 aromatic rings. The lowest BCUT2D eigenvalue weighted by Crippen LogP contribution is -2.64. The van der Waals surface area contributed by atoms with Gasteiger partial charge in [-0.25, -0.2) is 0 Å². The highest BCUT2D eigenvalue weighted by Gasteiger charge is 2.55. The predicted octanol–water partition coefficient (Wildman–Crippen LogP) is 3.70. The summed E-state index contributed by atoms with van der Waals surface area (Å²) in [7, 11) is 0. The van der Waals surface area contributed by atoms with Crippen molar-refractivity contribution in [2.24, 2.45) is 11.3 Å². The largest absolute Gasteiger partial charge is 0.378 e. The Morgan fingerprint density at radius 3 is 2.68 bits per heavy atom. The molecule has 0 saturated heterocycles. The quantitative estimate of drug-likeness (QED) is 0.770. The number of hydrogen-bond donors (Lipinski definition) is 1. The van der Waals surface area contributed by atoms with E-state index in [9.17, 15) is 0 Å². The molecule has 0 radical (unpaired) electrons. The Kier molecular flexibility index (Phi) is 6.04. The van der Waals surface area contributed by atoms with Crippen LogP contribution in [-0.2, 0) is 4.74 Å². The van der Waals surface area contributed by atoms with Gasteiger partial charge in [0.2, 0.25) is 0 Å². The smallest absolute Gasteiger partial charge is 0.0661 e. The van der Waals surface area contributed by atoms with Crippen LogP contribution in [0, 0.1) is 11.3 Å². The number of thioether (sulfide) groups is 1. The third-order valence-corrected chi connectivity index (χ3v) is 6.00. The normalized spacial score (nSPS) is 31.1. The summed E-state index contributed by atoms with van der Waals surface area (Å²) in [5.41, 5.74) is 0.480. The highest BCUT2D eigenvalue weighted by atomic mass is 32.2. The molecule has 3 heteroatoms. The lowest BCUT2D eigenvalue weighted by Gasteiger charge is -2.58. The van der Waals surface area contributed by atoms with Crippen LogP contribution in [0.3, 0.4) is 0 Å². The minimum Gasteiger partial charge on any atom is -0.378 e. The summed E-state index contributed by atoms with van der Waals surface area (Å²) in [6.07, 6.45) is 11.0. The van der Waals surface area contributed by atoms with Gasteiger partial charge in [-0.1, -0.05) is 26.2 Å². The van der Waals surface area contributed by atoms with Gasteiger partial charge in [-0.05, 0) is 50.7 Å². The van der Waals surface area contributed by atoms with Crippen LogP contribution in [0.5, 0.6) is 0 Å². The van der Waals surface area contributed by atoms with Crippen LogP contribution in [0.4, 0.5) is 0 Å². The number of hydrogen-bond acceptors (Lipinski definition) is 3. The molecule has 1 spiro atoms. The molecule has 2 saturated carbocycles. The van der Waals surface area contributed by atoms with Gasteiger partial charge in [-0.15, -0.1) is 0 Å². The maximum atomic E-state index is 6.01. The van der Waals surface area contributed by atoms with E-state index in [-0.39, 0.29) is 0 Å². The Morgan fingerprint density at radius 2 is 2.05 bits per heavy atom. The van der Waals surface area contributed by atoms with Crippen molar-refractivity contribution in [3.05, 3.63) is 0 Å². The first-order valence-corrected chi connectivity index (χ1v) is 9.46. The maximum absolute atomic E-state index is 6.01. The van der Waals surface area contributed by atoms with Crippen molar-refractivity contribution in [3.63, 3.8) is 0 Å². The fourth-order valence-electron chi connectivity index (χ4n) is 4.04. The van der Waals surface area contributed by atoms with Gasteiger partial charge in [0.15, 0.2) is 0 Å². The standard InChI is InChI=1S/C16H31NOS/c1-4-18-15-10-14(17-11-13(2)12-19-3)16(15)8-6-5-7-9-16/h13-15,17H,4-12H2,1-3H3. The predicted molar refractivity (Wildman–Crippen MR) is 84.9 cm³/mol. The maximum Gasteiger partial charge on any atom is 0.0661 e. The molecule has 1 N–H and O–H groups in total. The van der Waals surface area contributed by atoms with E-state index >= 15 is 0 Å². The van der Waals surface area contributed by atoms with Gasteiger partial charge in [0, 0.05) is 18.1 Å². The second kappa shape index (κ2) is 7.33. The van der Waals surface area contributed by atoms with Crippen LogP contribution in [0.2, 0.25) is 0 Å². The molecule has 19 heavy (non-hydrogen) atoms. The molecule has 0 aliphatic heterocycles. The van der Waals surface area contributed by atoms with Crippen molar-refractivity contribution in [1.82, 2.24) is 5.32 Å². The van der Waals surface area contributed by atoms with E-state index in [1.54, 1.807) is 0 Å².